The molecule has 4 rings (SSSR count). The number of hydrogen-bond acceptors (Lipinski definition) is 5. The van der Waals surface area contributed by atoms with Crippen LogP contribution < -0.4 is 10.1 Å². The van der Waals surface area contributed by atoms with E-state index < -0.39 is 0 Å². The van der Waals surface area contributed by atoms with Crippen LogP contribution in [0.4, 0.5) is 0 Å². The lowest BCUT2D eigenvalue weighted by Crippen LogP contribution is -2.37. The summed E-state index contributed by atoms with van der Waals surface area (Å²) in [6.07, 6.45) is 1.79. The van der Waals surface area contributed by atoms with Crippen molar-refractivity contribution in [3.63, 3.8) is 0 Å². The number of hydrogen-bond donors (Lipinski definition) is 1. The van der Waals surface area contributed by atoms with E-state index in [-0.39, 0.29) is 23.8 Å². The second-order valence-corrected chi connectivity index (χ2v) is 10.4. The van der Waals surface area contributed by atoms with Crippen LogP contribution >= 0.6 is 11.3 Å². The van der Waals surface area contributed by atoms with E-state index in [4.69, 9.17) is 4.74 Å². The number of ether oxygens (including phenoxy) is 1. The van der Waals surface area contributed by atoms with Gasteiger partial charge in [0.2, 0.25) is 0 Å². The van der Waals surface area contributed by atoms with E-state index >= 15 is 0 Å². The quantitative estimate of drug-likeness (QED) is 0.474. The van der Waals surface area contributed by atoms with Gasteiger partial charge in [0, 0.05) is 36.5 Å². The normalized spacial score (nSPS) is 14.3. The minimum absolute atomic E-state index is 0.0464. The summed E-state index contributed by atoms with van der Waals surface area (Å²) in [5, 5.41) is 5.80. The first-order valence-corrected chi connectivity index (χ1v) is 13.0. The molecule has 1 saturated heterocycles. The minimum Gasteiger partial charge on any atom is -0.491 e. The predicted octanol–water partition coefficient (Wildman–Crippen LogP) is 5.50. The number of likely N-dealkylation sites (tertiary alicyclic amines) is 1. The number of carbonyl (C=O) groups is 2. The van der Waals surface area contributed by atoms with Crippen molar-refractivity contribution in [3.05, 3.63) is 80.8 Å². The number of aryl methyl sites for hydroxylation is 2. The Labute approximate surface area is 211 Å². The van der Waals surface area contributed by atoms with E-state index in [9.17, 15) is 9.59 Å². The highest BCUT2D eigenvalue weighted by molar-refractivity contribution is 7.09. The lowest BCUT2D eigenvalue weighted by Gasteiger charge is -2.31. The first kappa shape index (κ1) is 24.9. The van der Waals surface area contributed by atoms with Gasteiger partial charge in [0.15, 0.2) is 0 Å². The molecule has 1 aromatic heterocycles. The summed E-state index contributed by atoms with van der Waals surface area (Å²) < 4.78 is 5.66. The van der Waals surface area contributed by atoms with Crippen molar-refractivity contribution < 1.29 is 14.3 Å². The standard InChI is InChI=1S/C28H33N3O3S/c1-18(2)34-24-7-5-23(6-8-24)28(33)31-11-9-22(10-12-31)27-30-25(17-35-27)26(32)29-16-21-14-19(3)13-20(4)15-21/h5-8,13-15,17-18,22H,9-12,16H2,1-4H3,(H,29,32). The first-order chi connectivity index (χ1) is 16.8. The van der Waals surface area contributed by atoms with Gasteiger partial charge in [-0.3, -0.25) is 9.59 Å². The maximum Gasteiger partial charge on any atom is 0.271 e. The number of aromatic nitrogens is 1. The zero-order valence-corrected chi connectivity index (χ0v) is 21.7. The molecule has 1 fully saturated rings. The number of thiazole rings is 1. The highest BCUT2D eigenvalue weighted by atomic mass is 32.1. The van der Waals surface area contributed by atoms with Gasteiger partial charge in [-0.05, 0) is 70.4 Å². The summed E-state index contributed by atoms with van der Waals surface area (Å²) in [6.45, 7) is 9.92. The highest BCUT2D eigenvalue weighted by Gasteiger charge is 2.27. The molecule has 1 aliphatic heterocycles. The van der Waals surface area contributed by atoms with Crippen molar-refractivity contribution in [1.82, 2.24) is 15.2 Å². The van der Waals surface area contributed by atoms with E-state index in [0.29, 0.717) is 30.9 Å². The fourth-order valence-electron chi connectivity index (χ4n) is 4.48. The third-order valence-electron chi connectivity index (χ3n) is 6.09. The molecule has 2 aromatic carbocycles. The van der Waals surface area contributed by atoms with Gasteiger partial charge in [-0.15, -0.1) is 11.3 Å². The number of rotatable bonds is 7. The topological polar surface area (TPSA) is 71.5 Å². The van der Waals surface area contributed by atoms with E-state index in [2.05, 4.69) is 42.3 Å². The summed E-state index contributed by atoms with van der Waals surface area (Å²) in [5.74, 6) is 0.939. The molecule has 0 spiro atoms. The van der Waals surface area contributed by atoms with Crippen molar-refractivity contribution in [1.29, 1.82) is 0 Å². The van der Waals surface area contributed by atoms with E-state index in [1.807, 2.05) is 48.4 Å². The van der Waals surface area contributed by atoms with Crippen LogP contribution in [0.15, 0.2) is 47.8 Å². The van der Waals surface area contributed by atoms with Gasteiger partial charge in [-0.25, -0.2) is 4.98 Å². The Morgan fingerprint density at radius 2 is 1.74 bits per heavy atom. The molecule has 0 bridgehead atoms. The highest BCUT2D eigenvalue weighted by Crippen LogP contribution is 2.31. The second-order valence-electron chi connectivity index (χ2n) is 9.51. The second kappa shape index (κ2) is 11.0. The van der Waals surface area contributed by atoms with Gasteiger partial charge in [0.25, 0.3) is 11.8 Å². The summed E-state index contributed by atoms with van der Waals surface area (Å²) in [4.78, 5) is 32.1. The molecule has 1 N–H and O–H groups in total. The van der Waals surface area contributed by atoms with E-state index in [1.54, 1.807) is 0 Å². The molecular weight excluding hydrogens is 458 g/mol. The van der Waals surface area contributed by atoms with Crippen molar-refractivity contribution >= 4 is 23.2 Å². The molecule has 6 nitrogen and oxygen atoms in total. The van der Waals surface area contributed by atoms with Crippen molar-refractivity contribution in [2.75, 3.05) is 13.1 Å². The number of piperidine rings is 1. The predicted molar refractivity (Wildman–Crippen MR) is 139 cm³/mol. The van der Waals surface area contributed by atoms with Crippen LogP contribution in [-0.4, -0.2) is 40.9 Å². The third-order valence-corrected chi connectivity index (χ3v) is 7.10. The molecule has 35 heavy (non-hydrogen) atoms. The molecule has 184 valence electrons. The molecule has 2 amide bonds. The Morgan fingerprint density at radius 1 is 1.09 bits per heavy atom. The van der Waals surface area contributed by atoms with Gasteiger partial charge in [0.1, 0.15) is 11.4 Å². The summed E-state index contributed by atoms with van der Waals surface area (Å²) in [5.41, 5.74) is 4.61. The van der Waals surface area contributed by atoms with Gasteiger partial charge in [0.05, 0.1) is 11.1 Å². The van der Waals surface area contributed by atoms with Crippen molar-refractivity contribution in [3.8, 4) is 5.75 Å². The van der Waals surface area contributed by atoms with Gasteiger partial charge < -0.3 is 15.0 Å². The molecule has 7 heteroatoms. The Balaban J connectivity index is 1.29. The molecule has 0 atom stereocenters. The number of carbonyl (C=O) groups excluding carboxylic acids is 2. The summed E-state index contributed by atoms with van der Waals surface area (Å²) in [7, 11) is 0. The molecule has 0 unspecified atom stereocenters. The SMILES string of the molecule is Cc1cc(C)cc(CNC(=O)c2csc(C3CCN(C(=O)c4ccc(OC(C)C)cc4)CC3)n2)c1. The van der Waals surface area contributed by atoms with Crippen LogP contribution in [0.2, 0.25) is 0 Å². The molecule has 1 aliphatic rings. The summed E-state index contributed by atoms with van der Waals surface area (Å²) >= 11 is 1.53. The van der Waals surface area contributed by atoms with Crippen LogP contribution in [0.3, 0.4) is 0 Å². The Bertz CT molecular complexity index is 1160. The van der Waals surface area contributed by atoms with E-state index in [1.165, 1.54) is 22.5 Å². The fourth-order valence-corrected chi connectivity index (χ4v) is 5.46. The molecule has 0 aliphatic carbocycles. The third kappa shape index (κ3) is 6.48. The largest absolute Gasteiger partial charge is 0.491 e. The Kier molecular flexibility index (Phi) is 7.86. The van der Waals surface area contributed by atoms with Crippen LogP contribution in [0, 0.1) is 13.8 Å². The first-order valence-electron chi connectivity index (χ1n) is 12.2. The minimum atomic E-state index is -0.149. The number of nitrogens with zero attached hydrogens (tertiary/aromatic N) is 2. The zero-order chi connectivity index (χ0) is 24.9. The van der Waals surface area contributed by atoms with Crippen molar-refractivity contribution in [2.45, 2.75) is 59.1 Å². The number of amides is 2. The summed E-state index contributed by atoms with van der Waals surface area (Å²) in [6, 6.07) is 13.6. The van der Waals surface area contributed by atoms with Crippen LogP contribution in [0.1, 0.15) is 75.2 Å². The average molecular weight is 492 g/mol. The maximum atomic E-state index is 12.9. The molecule has 2 heterocycles. The number of nitrogens with one attached hydrogen (secondary N) is 1. The molecule has 0 saturated carbocycles. The van der Waals surface area contributed by atoms with Crippen LogP contribution in [0.25, 0.3) is 0 Å². The van der Waals surface area contributed by atoms with Gasteiger partial charge >= 0.3 is 0 Å². The van der Waals surface area contributed by atoms with Gasteiger partial charge in [-0.1, -0.05) is 29.3 Å². The molecular formula is C28H33N3O3S. The Hall–Kier alpha value is -3.19. The Morgan fingerprint density at radius 3 is 2.37 bits per heavy atom. The smallest absolute Gasteiger partial charge is 0.271 e. The van der Waals surface area contributed by atoms with Gasteiger partial charge in [-0.2, -0.15) is 0 Å². The van der Waals surface area contributed by atoms with E-state index in [0.717, 1.165) is 29.2 Å². The monoisotopic (exact) mass is 491 g/mol. The number of benzene rings is 2. The molecule has 3 aromatic rings. The van der Waals surface area contributed by atoms with Crippen molar-refractivity contribution in [2.24, 2.45) is 0 Å². The average Bonchev–Trinajstić information content (AvgIpc) is 3.32. The molecule has 0 radical (unpaired) electrons. The maximum absolute atomic E-state index is 12.9. The lowest BCUT2D eigenvalue weighted by molar-refractivity contribution is 0.0713. The van der Waals surface area contributed by atoms with Crippen LogP contribution in [0.5, 0.6) is 5.75 Å². The lowest BCUT2D eigenvalue weighted by atomic mass is 9.97. The van der Waals surface area contributed by atoms with Crippen LogP contribution in [-0.2, 0) is 6.54 Å². The zero-order valence-electron chi connectivity index (χ0n) is 20.8. The fraction of sp³-hybridized carbons (Fsp3) is 0.393.